The van der Waals surface area contributed by atoms with Crippen molar-refractivity contribution in [2.75, 3.05) is 0 Å². The van der Waals surface area contributed by atoms with E-state index in [1.165, 1.54) is 0 Å². The third-order valence-corrected chi connectivity index (χ3v) is 3.40. The number of halogens is 2. The lowest BCUT2D eigenvalue weighted by Crippen LogP contribution is -2.24. The molecule has 0 bridgehead atoms. The van der Waals surface area contributed by atoms with Crippen molar-refractivity contribution in [3.63, 3.8) is 0 Å². The minimum atomic E-state index is -0.946. The maximum Gasteiger partial charge on any atom is 0.0909 e. The van der Waals surface area contributed by atoms with Gasteiger partial charge in [-0.05, 0) is 42.3 Å². The standard InChI is InChI=1S/C15H14Cl2O/c1-15(18,12-3-2-4-14(17)9-12)10-11-5-7-13(16)8-6-11/h2-9,18H,10H2,1H3. The highest BCUT2D eigenvalue weighted by Gasteiger charge is 2.23. The number of rotatable bonds is 3. The molecule has 0 aliphatic rings. The molecule has 3 heteroatoms. The molecule has 0 saturated heterocycles. The van der Waals surface area contributed by atoms with Gasteiger partial charge in [-0.2, -0.15) is 0 Å². The van der Waals surface area contributed by atoms with Crippen molar-refractivity contribution < 1.29 is 5.11 Å². The van der Waals surface area contributed by atoms with E-state index in [9.17, 15) is 5.11 Å². The minimum Gasteiger partial charge on any atom is -0.385 e. The van der Waals surface area contributed by atoms with Gasteiger partial charge in [0.15, 0.2) is 0 Å². The normalized spacial score (nSPS) is 14.2. The zero-order valence-electron chi connectivity index (χ0n) is 10.0. The van der Waals surface area contributed by atoms with E-state index in [1.54, 1.807) is 19.1 Å². The van der Waals surface area contributed by atoms with Crippen LogP contribution in [0, 0.1) is 0 Å². The van der Waals surface area contributed by atoms with Crippen LogP contribution < -0.4 is 0 Å². The van der Waals surface area contributed by atoms with Gasteiger partial charge in [-0.15, -0.1) is 0 Å². The van der Waals surface area contributed by atoms with Gasteiger partial charge in [0.05, 0.1) is 5.60 Å². The average molecular weight is 281 g/mol. The molecule has 0 aliphatic carbocycles. The average Bonchev–Trinajstić information content (AvgIpc) is 2.32. The van der Waals surface area contributed by atoms with Gasteiger partial charge in [0, 0.05) is 16.5 Å². The summed E-state index contributed by atoms with van der Waals surface area (Å²) in [6.45, 7) is 1.78. The van der Waals surface area contributed by atoms with Crippen molar-refractivity contribution in [3.05, 3.63) is 69.7 Å². The predicted octanol–water partition coefficient (Wildman–Crippen LogP) is 4.44. The first-order valence-corrected chi connectivity index (χ1v) is 6.46. The number of aliphatic hydroxyl groups is 1. The SMILES string of the molecule is CC(O)(Cc1ccc(Cl)cc1)c1cccc(Cl)c1. The lowest BCUT2D eigenvalue weighted by molar-refractivity contribution is 0.0576. The summed E-state index contributed by atoms with van der Waals surface area (Å²) < 4.78 is 0. The molecule has 0 heterocycles. The van der Waals surface area contributed by atoms with Gasteiger partial charge in [0.2, 0.25) is 0 Å². The zero-order valence-corrected chi connectivity index (χ0v) is 11.5. The molecule has 18 heavy (non-hydrogen) atoms. The van der Waals surface area contributed by atoms with Gasteiger partial charge < -0.3 is 5.11 Å². The molecule has 2 rings (SSSR count). The first kappa shape index (κ1) is 13.4. The van der Waals surface area contributed by atoms with Crippen LogP contribution in [0.2, 0.25) is 10.0 Å². The van der Waals surface area contributed by atoms with Gasteiger partial charge >= 0.3 is 0 Å². The minimum absolute atomic E-state index is 0.518. The highest BCUT2D eigenvalue weighted by atomic mass is 35.5. The molecule has 0 amide bonds. The zero-order chi connectivity index (χ0) is 13.2. The largest absolute Gasteiger partial charge is 0.385 e. The summed E-state index contributed by atoms with van der Waals surface area (Å²) in [6.07, 6.45) is 0.518. The number of hydrogen-bond acceptors (Lipinski definition) is 1. The fourth-order valence-electron chi connectivity index (χ4n) is 1.93. The molecule has 1 atom stereocenters. The van der Waals surface area contributed by atoms with Crippen LogP contribution in [0.3, 0.4) is 0 Å². The molecule has 2 aromatic carbocycles. The van der Waals surface area contributed by atoms with Crippen LogP contribution in [0.4, 0.5) is 0 Å². The van der Waals surface area contributed by atoms with Gasteiger partial charge in [0.1, 0.15) is 0 Å². The van der Waals surface area contributed by atoms with Gasteiger partial charge in [-0.1, -0.05) is 47.5 Å². The van der Waals surface area contributed by atoms with E-state index in [-0.39, 0.29) is 0 Å². The lowest BCUT2D eigenvalue weighted by Gasteiger charge is -2.24. The summed E-state index contributed by atoms with van der Waals surface area (Å²) in [5.74, 6) is 0. The van der Waals surface area contributed by atoms with Crippen LogP contribution >= 0.6 is 23.2 Å². The Kier molecular flexibility index (Phi) is 3.96. The fourth-order valence-corrected chi connectivity index (χ4v) is 2.24. The molecule has 0 aliphatic heterocycles. The Morgan fingerprint density at radius 3 is 2.28 bits per heavy atom. The first-order valence-electron chi connectivity index (χ1n) is 5.70. The van der Waals surface area contributed by atoms with Crippen molar-refractivity contribution in [2.24, 2.45) is 0 Å². The van der Waals surface area contributed by atoms with Crippen molar-refractivity contribution in [1.82, 2.24) is 0 Å². The van der Waals surface area contributed by atoms with Crippen LogP contribution in [0.1, 0.15) is 18.1 Å². The number of benzene rings is 2. The molecule has 0 radical (unpaired) electrons. The number of hydrogen-bond donors (Lipinski definition) is 1. The second kappa shape index (κ2) is 5.31. The molecule has 1 unspecified atom stereocenters. The van der Waals surface area contributed by atoms with Gasteiger partial charge in [-0.3, -0.25) is 0 Å². The van der Waals surface area contributed by atoms with Crippen LogP contribution in [-0.2, 0) is 12.0 Å². The first-order chi connectivity index (χ1) is 8.47. The maximum atomic E-state index is 10.5. The van der Waals surface area contributed by atoms with E-state index in [0.717, 1.165) is 11.1 Å². The van der Waals surface area contributed by atoms with Crippen molar-refractivity contribution >= 4 is 23.2 Å². The van der Waals surface area contributed by atoms with Crippen molar-refractivity contribution in [3.8, 4) is 0 Å². The summed E-state index contributed by atoms with van der Waals surface area (Å²) >= 11 is 11.8. The predicted molar refractivity (Wildman–Crippen MR) is 76.2 cm³/mol. The highest BCUT2D eigenvalue weighted by molar-refractivity contribution is 6.30. The van der Waals surface area contributed by atoms with E-state index in [2.05, 4.69) is 0 Å². The molecule has 1 nitrogen and oxygen atoms in total. The molecule has 0 spiro atoms. The third-order valence-electron chi connectivity index (χ3n) is 2.91. The lowest BCUT2D eigenvalue weighted by atomic mass is 9.89. The topological polar surface area (TPSA) is 20.2 Å². The Hall–Kier alpha value is -1.02. The molecule has 0 aromatic heterocycles. The Balaban J connectivity index is 2.23. The molecule has 1 N–H and O–H groups in total. The molecule has 2 aromatic rings. The molecule has 0 saturated carbocycles. The monoisotopic (exact) mass is 280 g/mol. The van der Waals surface area contributed by atoms with E-state index in [1.807, 2.05) is 36.4 Å². The molecule has 94 valence electrons. The summed E-state index contributed by atoms with van der Waals surface area (Å²) in [4.78, 5) is 0. The second-order valence-electron chi connectivity index (χ2n) is 4.59. The van der Waals surface area contributed by atoms with E-state index in [4.69, 9.17) is 23.2 Å². The van der Waals surface area contributed by atoms with E-state index < -0.39 is 5.60 Å². The van der Waals surface area contributed by atoms with E-state index in [0.29, 0.717) is 16.5 Å². The Labute approximate surface area is 117 Å². The fraction of sp³-hybridized carbons (Fsp3) is 0.200. The molecule has 0 fully saturated rings. The van der Waals surface area contributed by atoms with Crippen LogP contribution in [0.5, 0.6) is 0 Å². The Bertz CT molecular complexity index is 532. The summed E-state index contributed by atoms with van der Waals surface area (Å²) in [5.41, 5.74) is 0.896. The Morgan fingerprint density at radius 2 is 1.67 bits per heavy atom. The summed E-state index contributed by atoms with van der Waals surface area (Å²) in [6, 6.07) is 14.8. The van der Waals surface area contributed by atoms with Crippen LogP contribution in [0.15, 0.2) is 48.5 Å². The summed E-state index contributed by atoms with van der Waals surface area (Å²) in [5, 5.41) is 11.9. The smallest absolute Gasteiger partial charge is 0.0909 e. The van der Waals surface area contributed by atoms with Crippen LogP contribution in [-0.4, -0.2) is 5.11 Å². The maximum absolute atomic E-state index is 10.5. The Morgan fingerprint density at radius 1 is 1.00 bits per heavy atom. The van der Waals surface area contributed by atoms with Gasteiger partial charge in [-0.25, -0.2) is 0 Å². The van der Waals surface area contributed by atoms with Crippen molar-refractivity contribution in [1.29, 1.82) is 0 Å². The second-order valence-corrected chi connectivity index (χ2v) is 5.46. The van der Waals surface area contributed by atoms with Crippen LogP contribution in [0.25, 0.3) is 0 Å². The van der Waals surface area contributed by atoms with Gasteiger partial charge in [0.25, 0.3) is 0 Å². The molecular formula is C15H14Cl2O. The molecular weight excluding hydrogens is 267 g/mol. The highest BCUT2D eigenvalue weighted by Crippen LogP contribution is 2.27. The summed E-state index contributed by atoms with van der Waals surface area (Å²) in [7, 11) is 0. The van der Waals surface area contributed by atoms with Crippen molar-refractivity contribution in [2.45, 2.75) is 18.9 Å². The third kappa shape index (κ3) is 3.26. The quantitative estimate of drug-likeness (QED) is 0.881. The van der Waals surface area contributed by atoms with E-state index >= 15 is 0 Å².